The minimum absolute atomic E-state index is 0.0140. The maximum atomic E-state index is 13.9. The van der Waals surface area contributed by atoms with Gasteiger partial charge in [-0.2, -0.15) is 11.8 Å². The fraction of sp³-hybridized carbons (Fsp3) is 0.385. The van der Waals surface area contributed by atoms with Gasteiger partial charge in [0.15, 0.2) is 0 Å². The van der Waals surface area contributed by atoms with Crippen LogP contribution in [0.3, 0.4) is 0 Å². The van der Waals surface area contributed by atoms with Gasteiger partial charge < -0.3 is 10.4 Å². The molecule has 108 valence electrons. The molecule has 1 heterocycles. The number of benzene rings is 1. The first-order chi connectivity index (χ1) is 9.47. The predicted molar refractivity (Wildman–Crippen MR) is 70.7 cm³/mol. The van der Waals surface area contributed by atoms with Crippen LogP contribution in [0.25, 0.3) is 0 Å². The molecule has 1 saturated heterocycles. The SMILES string of the molecule is O=C1CCS[C@@H](c2cc(F)ccc2F)[C@@H](NC(=O)O)C1. The molecule has 0 radical (unpaired) electrons. The van der Waals surface area contributed by atoms with Crippen LogP contribution in [0.5, 0.6) is 0 Å². The number of Topliss-reactive ketones (excluding diaryl/α,β-unsaturated/α-hetero) is 1. The Morgan fingerprint density at radius 1 is 1.40 bits per heavy atom. The second-order valence-corrected chi connectivity index (χ2v) is 5.76. The van der Waals surface area contributed by atoms with E-state index in [0.717, 1.165) is 18.2 Å². The highest BCUT2D eigenvalue weighted by atomic mass is 32.2. The molecule has 20 heavy (non-hydrogen) atoms. The third kappa shape index (κ3) is 3.47. The Hall–Kier alpha value is -1.63. The van der Waals surface area contributed by atoms with Gasteiger partial charge in [-0.05, 0) is 18.2 Å². The first kappa shape index (κ1) is 14.8. The predicted octanol–water partition coefficient (Wildman–Crippen LogP) is 2.74. The molecule has 1 aromatic carbocycles. The Morgan fingerprint density at radius 3 is 2.85 bits per heavy atom. The van der Waals surface area contributed by atoms with Gasteiger partial charge in [0.2, 0.25) is 0 Å². The molecule has 2 atom stereocenters. The summed E-state index contributed by atoms with van der Waals surface area (Å²) in [6.07, 6.45) is -0.998. The lowest BCUT2D eigenvalue weighted by Crippen LogP contribution is -2.38. The lowest BCUT2D eigenvalue weighted by Gasteiger charge is -2.24. The molecule has 4 nitrogen and oxygen atoms in total. The van der Waals surface area contributed by atoms with Crippen LogP contribution >= 0.6 is 11.8 Å². The fourth-order valence-corrected chi connectivity index (χ4v) is 3.55. The molecule has 1 fully saturated rings. The summed E-state index contributed by atoms with van der Waals surface area (Å²) in [4.78, 5) is 22.4. The minimum atomic E-state index is -1.29. The number of amides is 1. The molecule has 1 aromatic rings. The molecule has 0 aliphatic carbocycles. The van der Waals surface area contributed by atoms with E-state index >= 15 is 0 Å². The van der Waals surface area contributed by atoms with Crippen molar-refractivity contribution in [2.75, 3.05) is 5.75 Å². The van der Waals surface area contributed by atoms with Gasteiger partial charge in [0.25, 0.3) is 0 Å². The first-order valence-electron chi connectivity index (χ1n) is 6.05. The van der Waals surface area contributed by atoms with Crippen LogP contribution < -0.4 is 5.32 Å². The quantitative estimate of drug-likeness (QED) is 0.881. The van der Waals surface area contributed by atoms with E-state index in [1.54, 1.807) is 0 Å². The van der Waals surface area contributed by atoms with Gasteiger partial charge in [-0.25, -0.2) is 13.6 Å². The van der Waals surface area contributed by atoms with Gasteiger partial charge in [-0.3, -0.25) is 4.79 Å². The van der Waals surface area contributed by atoms with Gasteiger partial charge in [0.05, 0.1) is 11.3 Å². The Labute approximate surface area is 118 Å². The van der Waals surface area contributed by atoms with E-state index in [1.807, 2.05) is 0 Å². The average Bonchev–Trinajstić information content (AvgIpc) is 2.53. The van der Waals surface area contributed by atoms with E-state index in [2.05, 4.69) is 5.32 Å². The third-order valence-corrected chi connectivity index (χ3v) is 4.45. The van der Waals surface area contributed by atoms with E-state index in [-0.39, 0.29) is 17.8 Å². The zero-order valence-electron chi connectivity index (χ0n) is 10.4. The monoisotopic (exact) mass is 301 g/mol. The molecule has 7 heteroatoms. The molecule has 0 saturated carbocycles. The summed E-state index contributed by atoms with van der Waals surface area (Å²) in [7, 11) is 0. The van der Waals surface area contributed by atoms with Crippen LogP contribution in [0.1, 0.15) is 23.7 Å². The van der Waals surface area contributed by atoms with E-state index in [4.69, 9.17) is 5.11 Å². The molecule has 0 aromatic heterocycles. The summed E-state index contributed by atoms with van der Waals surface area (Å²) in [6, 6.07) is 2.31. The number of rotatable bonds is 2. The maximum absolute atomic E-state index is 13.9. The highest BCUT2D eigenvalue weighted by Gasteiger charge is 2.32. The Morgan fingerprint density at radius 2 is 2.15 bits per heavy atom. The minimum Gasteiger partial charge on any atom is -0.465 e. The van der Waals surface area contributed by atoms with Crippen molar-refractivity contribution in [2.24, 2.45) is 0 Å². The van der Waals surface area contributed by atoms with Gasteiger partial charge >= 0.3 is 6.09 Å². The number of nitrogens with one attached hydrogen (secondary N) is 1. The second kappa shape index (κ2) is 6.21. The van der Waals surface area contributed by atoms with Gasteiger partial charge in [0, 0.05) is 24.2 Å². The van der Waals surface area contributed by atoms with Crippen molar-refractivity contribution in [3.8, 4) is 0 Å². The molecule has 1 amide bonds. The molecule has 1 aliphatic rings. The number of hydrogen-bond acceptors (Lipinski definition) is 3. The summed E-state index contributed by atoms with van der Waals surface area (Å²) < 4.78 is 27.1. The van der Waals surface area contributed by atoms with Crippen molar-refractivity contribution in [3.05, 3.63) is 35.4 Å². The highest BCUT2D eigenvalue weighted by molar-refractivity contribution is 7.99. The lowest BCUT2D eigenvalue weighted by atomic mass is 9.99. The molecule has 2 N–H and O–H groups in total. The van der Waals surface area contributed by atoms with Crippen molar-refractivity contribution < 1.29 is 23.5 Å². The molecule has 1 aliphatic heterocycles. The molecule has 2 rings (SSSR count). The van der Waals surface area contributed by atoms with Crippen LogP contribution in [-0.2, 0) is 4.79 Å². The van der Waals surface area contributed by atoms with Crippen molar-refractivity contribution >= 4 is 23.6 Å². The van der Waals surface area contributed by atoms with E-state index in [0.29, 0.717) is 12.2 Å². The number of halogens is 2. The number of hydrogen-bond donors (Lipinski definition) is 2. The zero-order valence-corrected chi connectivity index (χ0v) is 11.3. The van der Waals surface area contributed by atoms with Crippen LogP contribution in [0.4, 0.5) is 13.6 Å². The van der Waals surface area contributed by atoms with Crippen molar-refractivity contribution in [1.82, 2.24) is 5.32 Å². The van der Waals surface area contributed by atoms with Crippen molar-refractivity contribution in [1.29, 1.82) is 0 Å². The summed E-state index contributed by atoms with van der Waals surface area (Å²) >= 11 is 1.26. The van der Waals surface area contributed by atoms with Crippen molar-refractivity contribution in [2.45, 2.75) is 24.1 Å². The topological polar surface area (TPSA) is 66.4 Å². The van der Waals surface area contributed by atoms with Gasteiger partial charge in [-0.15, -0.1) is 0 Å². The number of ketones is 1. The fourth-order valence-electron chi connectivity index (χ4n) is 2.19. The summed E-state index contributed by atoms with van der Waals surface area (Å²) in [5.41, 5.74) is 0.0865. The van der Waals surface area contributed by atoms with Gasteiger partial charge in [-0.1, -0.05) is 0 Å². The third-order valence-electron chi connectivity index (χ3n) is 3.06. The van der Waals surface area contributed by atoms with Crippen LogP contribution in [0, 0.1) is 11.6 Å². The van der Waals surface area contributed by atoms with Gasteiger partial charge in [0.1, 0.15) is 17.4 Å². The van der Waals surface area contributed by atoms with Crippen LogP contribution in [0.2, 0.25) is 0 Å². The normalized spacial score (nSPS) is 23.2. The van der Waals surface area contributed by atoms with Crippen molar-refractivity contribution in [3.63, 3.8) is 0 Å². The largest absolute Gasteiger partial charge is 0.465 e. The Bertz CT molecular complexity index is 538. The number of thioether (sulfide) groups is 1. The highest BCUT2D eigenvalue weighted by Crippen LogP contribution is 2.38. The lowest BCUT2D eigenvalue weighted by molar-refractivity contribution is -0.119. The van der Waals surface area contributed by atoms with Crippen LogP contribution in [-0.4, -0.2) is 28.8 Å². The van der Waals surface area contributed by atoms with E-state index < -0.39 is 29.0 Å². The molecule has 0 unspecified atom stereocenters. The summed E-state index contributed by atoms with van der Waals surface area (Å²) in [5.74, 6) is -0.824. The first-order valence-corrected chi connectivity index (χ1v) is 7.10. The Balaban J connectivity index is 2.35. The number of carboxylic acid groups (broad SMARTS) is 1. The molecular formula is C13H13F2NO3S. The maximum Gasteiger partial charge on any atom is 0.404 e. The van der Waals surface area contributed by atoms with E-state index in [1.165, 1.54) is 11.8 Å². The summed E-state index contributed by atoms with van der Waals surface area (Å²) in [6.45, 7) is 0. The smallest absolute Gasteiger partial charge is 0.404 e. The molecule has 0 bridgehead atoms. The standard InChI is InChI=1S/C13H13F2NO3S/c14-7-1-2-10(15)9(5-7)12-11(16-13(18)19)6-8(17)3-4-20-12/h1-2,5,11-12,16H,3-4,6H2,(H,18,19)/t11-,12-/m0/s1. The summed E-state index contributed by atoms with van der Waals surface area (Å²) in [5, 5.41) is 10.4. The molecular weight excluding hydrogens is 288 g/mol. The Kier molecular flexibility index (Phi) is 4.59. The van der Waals surface area contributed by atoms with E-state index in [9.17, 15) is 18.4 Å². The average molecular weight is 301 g/mol. The number of carbonyl (C=O) groups is 2. The van der Waals surface area contributed by atoms with Crippen LogP contribution in [0.15, 0.2) is 18.2 Å². The number of carbonyl (C=O) groups excluding carboxylic acids is 1. The second-order valence-electron chi connectivity index (χ2n) is 4.51. The zero-order chi connectivity index (χ0) is 14.7. The molecule has 0 spiro atoms.